The maximum Gasteiger partial charge on any atom is 0.261 e. The third kappa shape index (κ3) is 2.91. The normalized spacial score (nSPS) is 16.0. The molecule has 1 aliphatic carbocycles. The van der Waals surface area contributed by atoms with Gasteiger partial charge in [-0.15, -0.1) is 11.3 Å². The summed E-state index contributed by atoms with van der Waals surface area (Å²) in [6.07, 6.45) is 3.47. The number of rotatable bonds is 4. The fourth-order valence-electron chi connectivity index (χ4n) is 3.64. The van der Waals surface area contributed by atoms with Gasteiger partial charge in [-0.25, -0.2) is 0 Å². The summed E-state index contributed by atoms with van der Waals surface area (Å²) in [6, 6.07) is 10.4. The Kier molecular flexibility index (Phi) is 4.20. The van der Waals surface area contributed by atoms with Crippen molar-refractivity contribution in [2.45, 2.75) is 31.6 Å². The molecule has 1 amide bonds. The maximum atomic E-state index is 12.7. The highest BCUT2D eigenvalue weighted by atomic mass is 79.9. The van der Waals surface area contributed by atoms with Crippen molar-refractivity contribution in [2.24, 2.45) is 7.05 Å². The monoisotopic (exact) mass is 417 g/mol. The third-order valence-corrected chi connectivity index (χ3v) is 6.95. The summed E-state index contributed by atoms with van der Waals surface area (Å²) in [7, 11) is 1.92. The van der Waals surface area contributed by atoms with Crippen LogP contribution < -0.4 is 5.32 Å². The van der Waals surface area contributed by atoms with Crippen molar-refractivity contribution in [3.8, 4) is 0 Å². The molecule has 0 aliphatic heterocycles. The molecule has 6 heteroatoms. The number of nitrogens with one attached hydrogen (secondary N) is 1. The SMILES string of the molecule is Cc1nn(C)c2sc(C(=O)NCC3(c4cccc(Br)c4)CCC3)cc12. The molecular weight excluding hydrogens is 398 g/mol. The van der Waals surface area contributed by atoms with E-state index in [1.807, 2.05) is 30.8 Å². The van der Waals surface area contributed by atoms with E-state index in [-0.39, 0.29) is 11.3 Å². The molecule has 0 spiro atoms. The summed E-state index contributed by atoms with van der Waals surface area (Å²) in [4.78, 5) is 14.5. The van der Waals surface area contributed by atoms with E-state index in [9.17, 15) is 4.79 Å². The summed E-state index contributed by atoms with van der Waals surface area (Å²) in [5, 5.41) is 8.65. The van der Waals surface area contributed by atoms with E-state index in [0.717, 1.165) is 38.1 Å². The quantitative estimate of drug-likeness (QED) is 0.676. The van der Waals surface area contributed by atoms with Crippen molar-refractivity contribution in [1.29, 1.82) is 0 Å². The zero-order valence-corrected chi connectivity index (χ0v) is 16.7. The lowest BCUT2D eigenvalue weighted by Crippen LogP contribution is -2.45. The molecule has 2 aromatic heterocycles. The predicted molar refractivity (Wildman–Crippen MR) is 105 cm³/mol. The molecule has 130 valence electrons. The van der Waals surface area contributed by atoms with Crippen LogP contribution in [0.4, 0.5) is 0 Å². The van der Waals surface area contributed by atoms with E-state index in [4.69, 9.17) is 0 Å². The molecule has 1 aromatic carbocycles. The molecule has 3 aromatic rings. The number of fused-ring (bicyclic) bond motifs is 1. The topological polar surface area (TPSA) is 46.9 Å². The Hall–Kier alpha value is -1.66. The largest absolute Gasteiger partial charge is 0.350 e. The fourth-order valence-corrected chi connectivity index (χ4v) is 5.08. The Balaban J connectivity index is 1.53. The van der Waals surface area contributed by atoms with Gasteiger partial charge < -0.3 is 5.32 Å². The van der Waals surface area contributed by atoms with Gasteiger partial charge in [0.05, 0.1) is 10.6 Å². The summed E-state index contributed by atoms with van der Waals surface area (Å²) in [5.74, 6) is 0.0156. The molecule has 1 saturated carbocycles. The molecule has 0 saturated heterocycles. The van der Waals surface area contributed by atoms with Crippen molar-refractivity contribution < 1.29 is 4.79 Å². The standard InChI is InChI=1S/C19H20BrN3OS/c1-12-15-10-16(25-18(15)23(2)22-12)17(24)21-11-19(7-4-8-19)13-5-3-6-14(20)9-13/h3,5-6,9-10H,4,7-8,11H2,1-2H3,(H,21,24). The number of hydrogen-bond donors (Lipinski definition) is 1. The first kappa shape index (κ1) is 16.8. The lowest BCUT2D eigenvalue weighted by Gasteiger charge is -2.42. The molecule has 1 aliphatic rings. The summed E-state index contributed by atoms with van der Waals surface area (Å²) in [5.41, 5.74) is 2.36. The molecule has 4 rings (SSSR count). The van der Waals surface area contributed by atoms with Gasteiger partial charge in [-0.05, 0) is 43.5 Å². The van der Waals surface area contributed by atoms with Crippen LogP contribution >= 0.6 is 27.3 Å². The second kappa shape index (κ2) is 6.25. The highest BCUT2D eigenvalue weighted by molar-refractivity contribution is 9.10. The Bertz CT molecular complexity index is 920. The van der Waals surface area contributed by atoms with Crippen LogP contribution in [0.3, 0.4) is 0 Å². The van der Waals surface area contributed by atoms with E-state index in [2.05, 4.69) is 44.5 Å². The number of benzene rings is 1. The van der Waals surface area contributed by atoms with Crippen LogP contribution in [0.15, 0.2) is 34.8 Å². The molecule has 0 bridgehead atoms. The van der Waals surface area contributed by atoms with E-state index in [1.54, 1.807) is 0 Å². The van der Waals surface area contributed by atoms with Crippen LogP contribution in [0.25, 0.3) is 10.2 Å². The van der Waals surface area contributed by atoms with Crippen molar-refractivity contribution in [3.05, 3.63) is 50.9 Å². The van der Waals surface area contributed by atoms with Crippen molar-refractivity contribution in [3.63, 3.8) is 0 Å². The zero-order valence-electron chi connectivity index (χ0n) is 14.3. The first-order valence-corrected chi connectivity index (χ1v) is 10.1. The first-order valence-electron chi connectivity index (χ1n) is 8.46. The first-order chi connectivity index (χ1) is 12.0. The highest BCUT2D eigenvalue weighted by Crippen LogP contribution is 2.44. The van der Waals surface area contributed by atoms with Gasteiger partial charge in [-0.1, -0.05) is 34.5 Å². The lowest BCUT2D eigenvalue weighted by molar-refractivity contribution is 0.0932. The van der Waals surface area contributed by atoms with Crippen LogP contribution in [0, 0.1) is 6.92 Å². The van der Waals surface area contributed by atoms with Gasteiger partial charge in [0.25, 0.3) is 5.91 Å². The van der Waals surface area contributed by atoms with Gasteiger partial charge in [0.15, 0.2) is 0 Å². The van der Waals surface area contributed by atoms with Crippen molar-refractivity contribution in [1.82, 2.24) is 15.1 Å². The Morgan fingerprint density at radius 1 is 1.40 bits per heavy atom. The average Bonchev–Trinajstić information content (AvgIpc) is 3.08. The number of hydrogen-bond acceptors (Lipinski definition) is 3. The smallest absolute Gasteiger partial charge is 0.261 e. The molecule has 1 fully saturated rings. The molecule has 0 atom stereocenters. The van der Waals surface area contributed by atoms with E-state index < -0.39 is 0 Å². The summed E-state index contributed by atoms with van der Waals surface area (Å²) in [6.45, 7) is 2.67. The molecule has 4 nitrogen and oxygen atoms in total. The number of nitrogens with zero attached hydrogens (tertiary/aromatic N) is 2. The van der Waals surface area contributed by atoms with Gasteiger partial charge in [-0.3, -0.25) is 9.48 Å². The molecule has 0 radical (unpaired) electrons. The molecule has 25 heavy (non-hydrogen) atoms. The number of carbonyl (C=O) groups excluding carboxylic acids is 1. The number of aromatic nitrogens is 2. The van der Waals surface area contributed by atoms with Crippen molar-refractivity contribution >= 4 is 43.4 Å². The zero-order chi connectivity index (χ0) is 17.6. The minimum absolute atomic E-state index is 0.0156. The van der Waals surface area contributed by atoms with Gasteiger partial charge in [-0.2, -0.15) is 5.10 Å². The highest BCUT2D eigenvalue weighted by Gasteiger charge is 2.39. The van der Waals surface area contributed by atoms with Crippen LogP contribution in [0.5, 0.6) is 0 Å². The molecule has 1 N–H and O–H groups in total. The minimum atomic E-state index is 0.0156. The number of halogens is 1. The third-order valence-electron chi connectivity index (χ3n) is 5.25. The molecular formula is C19H20BrN3OS. The van der Waals surface area contributed by atoms with Gasteiger partial charge in [0.2, 0.25) is 0 Å². The fraction of sp³-hybridized carbons (Fsp3) is 0.368. The Morgan fingerprint density at radius 3 is 2.84 bits per heavy atom. The Morgan fingerprint density at radius 2 is 2.20 bits per heavy atom. The Labute approximate surface area is 159 Å². The molecule has 0 unspecified atom stereocenters. The van der Waals surface area contributed by atoms with Crippen LogP contribution in [0.1, 0.15) is 40.2 Å². The summed E-state index contributed by atoms with van der Waals surface area (Å²) < 4.78 is 2.94. The van der Waals surface area contributed by atoms with Crippen LogP contribution in [0.2, 0.25) is 0 Å². The van der Waals surface area contributed by atoms with Crippen molar-refractivity contribution in [2.75, 3.05) is 6.54 Å². The van der Waals surface area contributed by atoms with E-state index in [1.165, 1.54) is 23.3 Å². The predicted octanol–water partition coefficient (Wildman–Crippen LogP) is 4.56. The van der Waals surface area contributed by atoms with Gasteiger partial charge in [0.1, 0.15) is 4.83 Å². The number of amides is 1. The van der Waals surface area contributed by atoms with Gasteiger partial charge in [0, 0.05) is 28.9 Å². The minimum Gasteiger partial charge on any atom is -0.350 e. The number of aryl methyl sites for hydroxylation is 2. The van der Waals surface area contributed by atoms with E-state index in [0.29, 0.717) is 6.54 Å². The summed E-state index contributed by atoms with van der Waals surface area (Å²) >= 11 is 5.07. The maximum absolute atomic E-state index is 12.7. The second-order valence-electron chi connectivity index (χ2n) is 6.87. The molecule has 2 heterocycles. The lowest BCUT2D eigenvalue weighted by atomic mass is 9.64. The van der Waals surface area contributed by atoms with Crippen LogP contribution in [-0.4, -0.2) is 22.2 Å². The average molecular weight is 418 g/mol. The van der Waals surface area contributed by atoms with E-state index >= 15 is 0 Å². The van der Waals surface area contributed by atoms with Gasteiger partial charge >= 0.3 is 0 Å². The number of thiophene rings is 1. The second-order valence-corrected chi connectivity index (χ2v) is 8.81. The van der Waals surface area contributed by atoms with Crippen LogP contribution in [-0.2, 0) is 12.5 Å². The number of carbonyl (C=O) groups is 1.